The Kier molecular flexibility index (Phi) is 3.10. The summed E-state index contributed by atoms with van der Waals surface area (Å²) in [6.07, 6.45) is 1.73. The molecule has 0 aliphatic heterocycles. The first-order valence-electron chi connectivity index (χ1n) is 4.74. The first-order valence-corrected chi connectivity index (χ1v) is 5.53. The van der Waals surface area contributed by atoms with Crippen LogP contribution in [0.1, 0.15) is 0 Å². The van der Waals surface area contributed by atoms with Crippen LogP contribution >= 0.6 is 15.9 Å². The number of aromatic nitrogens is 1. The van der Waals surface area contributed by atoms with Crippen LogP contribution in [0.15, 0.2) is 51.9 Å². The van der Waals surface area contributed by atoms with E-state index in [0.717, 1.165) is 10.2 Å². The Morgan fingerprint density at radius 1 is 1.25 bits per heavy atom. The van der Waals surface area contributed by atoms with Crippen molar-refractivity contribution in [3.63, 3.8) is 0 Å². The lowest BCUT2D eigenvalue weighted by atomic mass is 10.3. The van der Waals surface area contributed by atoms with E-state index in [4.69, 9.17) is 4.74 Å². The second-order valence-corrected chi connectivity index (χ2v) is 4.08. The molecule has 0 atom stereocenters. The normalized spacial score (nSPS) is 10.1. The lowest BCUT2D eigenvalue weighted by Gasteiger charge is -2.08. The minimum absolute atomic E-state index is 0.0631. The standard InChI is InChI=1S/C12H10BrNO2/c1-16-11-8-9(5-6-10(11)13)14-7-3-2-4-12(14)15/h2-8H,1H3. The van der Waals surface area contributed by atoms with Gasteiger partial charge in [0.2, 0.25) is 0 Å². The van der Waals surface area contributed by atoms with Crippen molar-refractivity contribution in [2.45, 2.75) is 0 Å². The third-order valence-corrected chi connectivity index (χ3v) is 2.89. The predicted molar refractivity (Wildman–Crippen MR) is 66.3 cm³/mol. The van der Waals surface area contributed by atoms with Crippen LogP contribution in [-0.4, -0.2) is 11.7 Å². The number of hydrogen-bond acceptors (Lipinski definition) is 2. The number of hydrogen-bond donors (Lipinski definition) is 0. The van der Waals surface area contributed by atoms with Crippen LogP contribution < -0.4 is 10.3 Å². The number of benzene rings is 1. The minimum atomic E-state index is -0.0631. The molecule has 0 saturated heterocycles. The van der Waals surface area contributed by atoms with Crippen molar-refractivity contribution in [2.75, 3.05) is 7.11 Å². The molecule has 2 aromatic rings. The zero-order valence-corrected chi connectivity index (χ0v) is 10.3. The van der Waals surface area contributed by atoms with Gasteiger partial charge in [-0.25, -0.2) is 0 Å². The molecule has 0 radical (unpaired) electrons. The molecular weight excluding hydrogens is 270 g/mol. The maximum Gasteiger partial charge on any atom is 0.255 e. The quantitative estimate of drug-likeness (QED) is 0.846. The maximum absolute atomic E-state index is 11.6. The van der Waals surface area contributed by atoms with Gasteiger partial charge in [-0.1, -0.05) is 6.07 Å². The molecule has 0 aliphatic rings. The van der Waals surface area contributed by atoms with Gasteiger partial charge in [0, 0.05) is 18.3 Å². The number of rotatable bonds is 2. The molecule has 4 heteroatoms. The molecule has 16 heavy (non-hydrogen) atoms. The second kappa shape index (κ2) is 4.53. The molecule has 1 heterocycles. The molecule has 2 rings (SSSR count). The van der Waals surface area contributed by atoms with E-state index in [0.29, 0.717) is 5.75 Å². The summed E-state index contributed by atoms with van der Waals surface area (Å²) in [7, 11) is 1.59. The lowest BCUT2D eigenvalue weighted by molar-refractivity contribution is 0.412. The van der Waals surface area contributed by atoms with Gasteiger partial charge < -0.3 is 4.74 Å². The van der Waals surface area contributed by atoms with Gasteiger partial charge in [0.15, 0.2) is 0 Å². The van der Waals surface area contributed by atoms with Gasteiger partial charge in [-0.15, -0.1) is 0 Å². The number of halogens is 1. The summed E-state index contributed by atoms with van der Waals surface area (Å²) in [5, 5.41) is 0. The van der Waals surface area contributed by atoms with Crippen LogP contribution in [0, 0.1) is 0 Å². The third-order valence-electron chi connectivity index (χ3n) is 2.24. The lowest BCUT2D eigenvalue weighted by Crippen LogP contribution is -2.15. The van der Waals surface area contributed by atoms with Gasteiger partial charge in [-0.3, -0.25) is 9.36 Å². The van der Waals surface area contributed by atoms with Crippen molar-refractivity contribution < 1.29 is 4.74 Å². The Bertz CT molecular complexity index is 563. The first kappa shape index (κ1) is 11.0. The highest BCUT2D eigenvalue weighted by Crippen LogP contribution is 2.26. The smallest absolute Gasteiger partial charge is 0.255 e. The summed E-state index contributed by atoms with van der Waals surface area (Å²) < 4.78 is 7.61. The van der Waals surface area contributed by atoms with E-state index >= 15 is 0 Å². The van der Waals surface area contributed by atoms with Crippen LogP contribution in [0.3, 0.4) is 0 Å². The topological polar surface area (TPSA) is 31.2 Å². The summed E-state index contributed by atoms with van der Waals surface area (Å²) in [5.74, 6) is 0.702. The molecule has 3 nitrogen and oxygen atoms in total. The van der Waals surface area contributed by atoms with Gasteiger partial charge in [0.05, 0.1) is 17.3 Å². The fourth-order valence-corrected chi connectivity index (χ4v) is 1.85. The number of pyridine rings is 1. The number of methoxy groups -OCH3 is 1. The summed E-state index contributed by atoms with van der Waals surface area (Å²) in [6.45, 7) is 0. The third kappa shape index (κ3) is 2.02. The monoisotopic (exact) mass is 279 g/mol. The highest BCUT2D eigenvalue weighted by molar-refractivity contribution is 9.10. The van der Waals surface area contributed by atoms with E-state index in [1.54, 1.807) is 23.9 Å². The van der Waals surface area contributed by atoms with Gasteiger partial charge in [0.25, 0.3) is 5.56 Å². The highest BCUT2D eigenvalue weighted by Gasteiger charge is 2.03. The molecule has 0 amide bonds. The summed E-state index contributed by atoms with van der Waals surface area (Å²) in [4.78, 5) is 11.6. The highest BCUT2D eigenvalue weighted by atomic mass is 79.9. The Balaban J connectivity index is 2.57. The molecule has 0 unspecified atom stereocenters. The van der Waals surface area contributed by atoms with Gasteiger partial charge in [-0.05, 0) is 34.1 Å². The molecule has 0 bridgehead atoms. The first-order chi connectivity index (χ1) is 7.72. The molecule has 0 fully saturated rings. The van der Waals surface area contributed by atoms with Crippen molar-refractivity contribution in [3.8, 4) is 11.4 Å². The maximum atomic E-state index is 11.6. The summed E-state index contributed by atoms with van der Waals surface area (Å²) in [6, 6.07) is 10.6. The molecule has 0 N–H and O–H groups in total. The molecule has 0 aliphatic carbocycles. The van der Waals surface area contributed by atoms with Crippen molar-refractivity contribution in [1.29, 1.82) is 0 Å². The molecule has 82 valence electrons. The Hall–Kier alpha value is -1.55. The average Bonchev–Trinajstić information content (AvgIpc) is 2.31. The van der Waals surface area contributed by atoms with E-state index < -0.39 is 0 Å². The zero-order chi connectivity index (χ0) is 11.5. The number of nitrogens with zero attached hydrogens (tertiary/aromatic N) is 1. The Morgan fingerprint density at radius 3 is 2.75 bits per heavy atom. The van der Waals surface area contributed by atoms with Crippen LogP contribution in [-0.2, 0) is 0 Å². The van der Waals surface area contributed by atoms with E-state index in [2.05, 4.69) is 15.9 Å². The molecule has 1 aromatic carbocycles. The summed E-state index contributed by atoms with van der Waals surface area (Å²) in [5.41, 5.74) is 0.720. The fraction of sp³-hybridized carbons (Fsp3) is 0.0833. The predicted octanol–water partition coefficient (Wildman–Crippen LogP) is 2.61. The molecule has 0 saturated carbocycles. The number of ether oxygens (including phenoxy) is 1. The van der Waals surface area contributed by atoms with E-state index in [1.165, 1.54) is 6.07 Å². The average molecular weight is 280 g/mol. The van der Waals surface area contributed by atoms with Gasteiger partial charge in [0.1, 0.15) is 5.75 Å². The fourth-order valence-electron chi connectivity index (χ4n) is 1.44. The van der Waals surface area contributed by atoms with Crippen LogP contribution in [0.2, 0.25) is 0 Å². The van der Waals surface area contributed by atoms with Crippen molar-refractivity contribution >= 4 is 15.9 Å². The molecular formula is C12H10BrNO2. The molecule has 0 spiro atoms. The van der Waals surface area contributed by atoms with E-state index in [-0.39, 0.29) is 5.56 Å². The van der Waals surface area contributed by atoms with Crippen LogP contribution in [0.4, 0.5) is 0 Å². The van der Waals surface area contributed by atoms with Crippen molar-refractivity contribution in [1.82, 2.24) is 4.57 Å². The van der Waals surface area contributed by atoms with Gasteiger partial charge >= 0.3 is 0 Å². The van der Waals surface area contributed by atoms with Crippen LogP contribution in [0.25, 0.3) is 5.69 Å². The molecule has 1 aromatic heterocycles. The van der Waals surface area contributed by atoms with Gasteiger partial charge in [-0.2, -0.15) is 0 Å². The van der Waals surface area contributed by atoms with Crippen molar-refractivity contribution in [2.24, 2.45) is 0 Å². The Morgan fingerprint density at radius 2 is 2.06 bits per heavy atom. The van der Waals surface area contributed by atoms with E-state index in [1.807, 2.05) is 24.3 Å². The van der Waals surface area contributed by atoms with Crippen molar-refractivity contribution in [3.05, 3.63) is 57.4 Å². The zero-order valence-electron chi connectivity index (χ0n) is 8.68. The van der Waals surface area contributed by atoms with E-state index in [9.17, 15) is 4.79 Å². The SMILES string of the molecule is COc1cc(-n2ccccc2=O)ccc1Br. The minimum Gasteiger partial charge on any atom is -0.495 e. The Labute approximate surface area is 101 Å². The van der Waals surface area contributed by atoms with Crippen LogP contribution in [0.5, 0.6) is 5.75 Å². The second-order valence-electron chi connectivity index (χ2n) is 3.23. The summed E-state index contributed by atoms with van der Waals surface area (Å²) >= 11 is 3.37. The largest absolute Gasteiger partial charge is 0.495 e.